The normalized spacial score (nSPS) is 20.2. The number of hydrogen-bond acceptors (Lipinski definition) is 3. The molecule has 1 saturated heterocycles. The van der Waals surface area contributed by atoms with Crippen molar-refractivity contribution in [3.05, 3.63) is 30.1 Å². The van der Waals surface area contributed by atoms with Gasteiger partial charge in [0.05, 0.1) is 12.0 Å². The summed E-state index contributed by atoms with van der Waals surface area (Å²) >= 11 is 0. The molecule has 2 heterocycles. The number of aliphatic carboxylic acids is 1. The second kappa shape index (κ2) is 6.36. The van der Waals surface area contributed by atoms with E-state index >= 15 is 0 Å². The standard InChI is InChI=1S/C14H19N3O3/c1-10(11-4-2-6-15-8-11)16-14(20)17-7-3-5-12(9-17)13(18)19/h2,4,6,8,10,12H,3,5,7,9H2,1H3,(H,16,20)(H,18,19)/t10?,12-/m0/s1. The molecule has 1 aromatic heterocycles. The number of amides is 2. The fourth-order valence-corrected chi connectivity index (χ4v) is 2.36. The van der Waals surface area contributed by atoms with Gasteiger partial charge in [0.25, 0.3) is 0 Å². The van der Waals surface area contributed by atoms with Crippen molar-refractivity contribution in [2.75, 3.05) is 13.1 Å². The minimum absolute atomic E-state index is 0.151. The molecule has 0 aliphatic carbocycles. The first-order valence-corrected chi connectivity index (χ1v) is 6.76. The number of piperidine rings is 1. The molecule has 2 N–H and O–H groups in total. The molecule has 0 spiro atoms. The molecule has 20 heavy (non-hydrogen) atoms. The number of nitrogens with zero attached hydrogens (tertiary/aromatic N) is 2. The predicted octanol–water partition coefficient (Wildman–Crippen LogP) is 1.65. The molecule has 108 valence electrons. The number of rotatable bonds is 3. The van der Waals surface area contributed by atoms with Gasteiger partial charge in [0.2, 0.25) is 0 Å². The summed E-state index contributed by atoms with van der Waals surface area (Å²) in [5.74, 6) is -1.29. The van der Waals surface area contributed by atoms with Gasteiger partial charge in [-0.05, 0) is 31.4 Å². The van der Waals surface area contributed by atoms with E-state index in [1.807, 2.05) is 19.1 Å². The van der Waals surface area contributed by atoms with E-state index in [-0.39, 0.29) is 18.6 Å². The Labute approximate surface area is 117 Å². The lowest BCUT2D eigenvalue weighted by Crippen LogP contribution is -2.47. The molecular weight excluding hydrogens is 258 g/mol. The lowest BCUT2D eigenvalue weighted by molar-refractivity contribution is -0.143. The van der Waals surface area contributed by atoms with E-state index in [9.17, 15) is 9.59 Å². The van der Waals surface area contributed by atoms with Crippen LogP contribution >= 0.6 is 0 Å². The first-order chi connectivity index (χ1) is 9.58. The summed E-state index contributed by atoms with van der Waals surface area (Å²) < 4.78 is 0. The van der Waals surface area contributed by atoms with Gasteiger partial charge in [-0.1, -0.05) is 6.07 Å². The summed E-state index contributed by atoms with van der Waals surface area (Å²) in [4.78, 5) is 28.7. The zero-order valence-corrected chi connectivity index (χ0v) is 11.5. The average Bonchev–Trinajstić information content (AvgIpc) is 2.48. The second-order valence-electron chi connectivity index (χ2n) is 5.08. The van der Waals surface area contributed by atoms with Gasteiger partial charge in [-0.15, -0.1) is 0 Å². The van der Waals surface area contributed by atoms with Crippen molar-refractivity contribution in [2.45, 2.75) is 25.8 Å². The number of carboxylic acids is 1. The number of carboxylic acid groups (broad SMARTS) is 1. The van der Waals surface area contributed by atoms with Crippen LogP contribution in [0.1, 0.15) is 31.4 Å². The highest BCUT2D eigenvalue weighted by Gasteiger charge is 2.28. The van der Waals surface area contributed by atoms with Crippen LogP contribution in [0.15, 0.2) is 24.5 Å². The van der Waals surface area contributed by atoms with Gasteiger partial charge in [-0.25, -0.2) is 4.79 Å². The Morgan fingerprint density at radius 2 is 2.35 bits per heavy atom. The van der Waals surface area contributed by atoms with Crippen molar-refractivity contribution in [3.8, 4) is 0 Å². The van der Waals surface area contributed by atoms with Crippen LogP contribution in [0.2, 0.25) is 0 Å². The van der Waals surface area contributed by atoms with Crippen LogP contribution in [0.4, 0.5) is 4.79 Å². The monoisotopic (exact) mass is 277 g/mol. The number of nitrogens with one attached hydrogen (secondary N) is 1. The van der Waals surface area contributed by atoms with Gasteiger partial charge in [-0.2, -0.15) is 0 Å². The highest BCUT2D eigenvalue weighted by molar-refractivity contribution is 5.76. The van der Waals surface area contributed by atoms with Gasteiger partial charge >= 0.3 is 12.0 Å². The number of pyridine rings is 1. The molecule has 6 nitrogen and oxygen atoms in total. The fraction of sp³-hybridized carbons (Fsp3) is 0.500. The van der Waals surface area contributed by atoms with Gasteiger partial charge in [0.15, 0.2) is 0 Å². The first-order valence-electron chi connectivity index (χ1n) is 6.76. The lowest BCUT2D eigenvalue weighted by atomic mass is 9.99. The largest absolute Gasteiger partial charge is 0.481 e. The Hall–Kier alpha value is -2.11. The van der Waals surface area contributed by atoms with Crippen molar-refractivity contribution in [2.24, 2.45) is 5.92 Å². The summed E-state index contributed by atoms with van der Waals surface area (Å²) in [5.41, 5.74) is 0.924. The molecule has 1 aliphatic heterocycles. The van der Waals surface area contributed by atoms with Crippen LogP contribution in [0.25, 0.3) is 0 Å². The molecule has 0 saturated carbocycles. The summed E-state index contributed by atoms with van der Waals surface area (Å²) in [6.45, 7) is 2.77. The number of carbonyl (C=O) groups is 2. The number of carbonyl (C=O) groups excluding carboxylic acids is 1. The number of likely N-dealkylation sites (tertiary alicyclic amines) is 1. The van der Waals surface area contributed by atoms with E-state index in [2.05, 4.69) is 10.3 Å². The molecular formula is C14H19N3O3. The van der Waals surface area contributed by atoms with Crippen molar-refractivity contribution in [1.82, 2.24) is 15.2 Å². The molecule has 0 radical (unpaired) electrons. The molecule has 2 rings (SSSR count). The molecule has 0 aromatic carbocycles. The highest BCUT2D eigenvalue weighted by atomic mass is 16.4. The SMILES string of the molecule is CC(NC(=O)N1CCC[C@H](C(=O)O)C1)c1cccnc1. The highest BCUT2D eigenvalue weighted by Crippen LogP contribution is 2.18. The van der Waals surface area contributed by atoms with Crippen molar-refractivity contribution >= 4 is 12.0 Å². The van der Waals surface area contributed by atoms with Crippen molar-refractivity contribution in [1.29, 1.82) is 0 Å². The number of aromatic nitrogens is 1. The van der Waals surface area contributed by atoms with Gasteiger partial charge < -0.3 is 15.3 Å². The van der Waals surface area contributed by atoms with Crippen LogP contribution in [-0.4, -0.2) is 40.1 Å². The molecule has 2 amide bonds. The van der Waals surface area contributed by atoms with Crippen molar-refractivity contribution in [3.63, 3.8) is 0 Å². The van der Waals surface area contributed by atoms with Gasteiger partial charge in [0.1, 0.15) is 0 Å². The molecule has 6 heteroatoms. The Morgan fingerprint density at radius 3 is 3.00 bits per heavy atom. The third kappa shape index (κ3) is 3.46. The Morgan fingerprint density at radius 1 is 1.55 bits per heavy atom. The van der Waals surface area contributed by atoms with Gasteiger partial charge in [-0.3, -0.25) is 9.78 Å². The zero-order valence-electron chi connectivity index (χ0n) is 11.5. The molecule has 2 atom stereocenters. The Kier molecular flexibility index (Phi) is 4.55. The third-order valence-electron chi connectivity index (χ3n) is 3.58. The van der Waals surface area contributed by atoms with E-state index in [0.717, 1.165) is 12.0 Å². The smallest absolute Gasteiger partial charge is 0.317 e. The summed E-state index contributed by atoms with van der Waals surface area (Å²) in [6, 6.07) is 3.35. The van der Waals surface area contributed by atoms with E-state index in [0.29, 0.717) is 13.0 Å². The Balaban J connectivity index is 1.93. The minimum atomic E-state index is -0.831. The molecule has 1 unspecified atom stereocenters. The van der Waals surface area contributed by atoms with E-state index in [1.165, 1.54) is 0 Å². The minimum Gasteiger partial charge on any atom is -0.481 e. The zero-order chi connectivity index (χ0) is 14.5. The second-order valence-corrected chi connectivity index (χ2v) is 5.08. The fourth-order valence-electron chi connectivity index (χ4n) is 2.36. The van der Waals surface area contributed by atoms with Crippen LogP contribution in [0.3, 0.4) is 0 Å². The van der Waals surface area contributed by atoms with E-state index in [4.69, 9.17) is 5.11 Å². The maximum atomic E-state index is 12.2. The summed E-state index contributed by atoms with van der Waals surface area (Å²) in [7, 11) is 0. The third-order valence-corrected chi connectivity index (χ3v) is 3.58. The summed E-state index contributed by atoms with van der Waals surface area (Å²) in [5, 5.41) is 11.9. The Bertz CT molecular complexity index is 478. The topological polar surface area (TPSA) is 82.5 Å². The van der Waals surface area contributed by atoms with Crippen LogP contribution in [0.5, 0.6) is 0 Å². The lowest BCUT2D eigenvalue weighted by Gasteiger charge is -2.31. The van der Waals surface area contributed by atoms with E-state index < -0.39 is 11.9 Å². The maximum Gasteiger partial charge on any atom is 0.317 e. The van der Waals surface area contributed by atoms with E-state index in [1.54, 1.807) is 17.3 Å². The molecule has 1 fully saturated rings. The molecule has 1 aromatic rings. The van der Waals surface area contributed by atoms with Crippen LogP contribution in [0, 0.1) is 5.92 Å². The molecule has 0 bridgehead atoms. The quantitative estimate of drug-likeness (QED) is 0.880. The van der Waals surface area contributed by atoms with Crippen molar-refractivity contribution < 1.29 is 14.7 Å². The number of urea groups is 1. The molecule has 1 aliphatic rings. The maximum absolute atomic E-state index is 12.2. The average molecular weight is 277 g/mol. The van der Waals surface area contributed by atoms with Crippen LogP contribution < -0.4 is 5.32 Å². The summed E-state index contributed by atoms with van der Waals surface area (Å²) in [6.07, 6.45) is 4.75. The predicted molar refractivity (Wildman–Crippen MR) is 73.1 cm³/mol. The van der Waals surface area contributed by atoms with Gasteiger partial charge in [0, 0.05) is 25.5 Å². The first kappa shape index (κ1) is 14.3. The number of hydrogen-bond donors (Lipinski definition) is 2. The van der Waals surface area contributed by atoms with Crippen LogP contribution in [-0.2, 0) is 4.79 Å².